The summed E-state index contributed by atoms with van der Waals surface area (Å²) in [6.45, 7) is 2.11. The smallest absolute Gasteiger partial charge is 0.264 e. The third-order valence-electron chi connectivity index (χ3n) is 5.43. The Hall–Kier alpha value is -4.04. The molecule has 0 unspecified atom stereocenters. The predicted octanol–water partition coefficient (Wildman–Crippen LogP) is 5.28. The number of hydrogen-bond donors (Lipinski definition) is 0. The first kappa shape index (κ1) is 24.1. The number of aromatic nitrogens is 1. The lowest BCUT2D eigenvalue weighted by Crippen LogP contribution is -2.32. The standard InChI is InChI=1S/C27H24FN3O3S/c1-2-31(25-11-4-3-5-12-25)35(33,34)26-13-8-9-21(19-26)27(32)30(20-23-10-6-7-18-29-23)24-16-14-22(28)15-17-24/h3-19H,2,20H2,1H3. The number of carbonyl (C=O) groups excluding carboxylic acids is 1. The zero-order valence-electron chi connectivity index (χ0n) is 19.1. The lowest BCUT2D eigenvalue weighted by atomic mass is 10.1. The Morgan fingerprint density at radius 1 is 0.857 bits per heavy atom. The molecule has 0 N–H and O–H groups in total. The Kier molecular flexibility index (Phi) is 7.22. The van der Waals surface area contributed by atoms with E-state index in [1.165, 1.54) is 45.6 Å². The highest BCUT2D eigenvalue weighted by Crippen LogP contribution is 2.26. The summed E-state index contributed by atoms with van der Waals surface area (Å²) < 4.78 is 41.8. The van der Waals surface area contributed by atoms with Gasteiger partial charge in [0.25, 0.3) is 15.9 Å². The summed E-state index contributed by atoms with van der Waals surface area (Å²) in [6.07, 6.45) is 1.62. The number of hydrogen-bond acceptors (Lipinski definition) is 4. The summed E-state index contributed by atoms with van der Waals surface area (Å²) in [5.41, 5.74) is 1.83. The van der Waals surface area contributed by atoms with Crippen molar-refractivity contribution >= 4 is 27.3 Å². The van der Waals surface area contributed by atoms with E-state index in [1.54, 1.807) is 61.7 Å². The van der Waals surface area contributed by atoms with Crippen LogP contribution in [0.25, 0.3) is 0 Å². The lowest BCUT2D eigenvalue weighted by molar-refractivity contribution is 0.0984. The van der Waals surface area contributed by atoms with Crippen molar-refractivity contribution < 1.29 is 17.6 Å². The predicted molar refractivity (Wildman–Crippen MR) is 134 cm³/mol. The van der Waals surface area contributed by atoms with E-state index in [4.69, 9.17) is 0 Å². The molecule has 178 valence electrons. The molecule has 0 fully saturated rings. The fourth-order valence-corrected chi connectivity index (χ4v) is 5.23. The molecule has 0 saturated carbocycles. The van der Waals surface area contributed by atoms with Crippen LogP contribution in [0, 0.1) is 5.82 Å². The quantitative estimate of drug-likeness (QED) is 0.338. The first-order valence-corrected chi connectivity index (χ1v) is 12.5. The summed E-state index contributed by atoms with van der Waals surface area (Å²) in [5.74, 6) is -0.852. The molecule has 8 heteroatoms. The molecule has 0 aliphatic carbocycles. The minimum atomic E-state index is -3.91. The maximum absolute atomic E-state index is 13.6. The van der Waals surface area contributed by atoms with Gasteiger partial charge in [-0.15, -0.1) is 0 Å². The Morgan fingerprint density at radius 2 is 1.57 bits per heavy atom. The number of nitrogens with zero attached hydrogens (tertiary/aromatic N) is 3. The van der Waals surface area contributed by atoms with Gasteiger partial charge in [0.15, 0.2) is 0 Å². The Balaban J connectivity index is 1.71. The summed E-state index contributed by atoms with van der Waals surface area (Å²) in [4.78, 5) is 19.4. The minimum Gasteiger partial charge on any atom is -0.302 e. The van der Waals surface area contributed by atoms with Crippen LogP contribution < -0.4 is 9.21 Å². The van der Waals surface area contributed by atoms with E-state index in [0.29, 0.717) is 17.1 Å². The van der Waals surface area contributed by atoms with E-state index in [2.05, 4.69) is 4.98 Å². The monoisotopic (exact) mass is 489 g/mol. The molecule has 0 spiro atoms. The molecule has 4 aromatic rings. The molecule has 0 radical (unpaired) electrons. The van der Waals surface area contributed by atoms with Gasteiger partial charge in [0, 0.05) is 24.0 Å². The van der Waals surface area contributed by atoms with Gasteiger partial charge >= 0.3 is 0 Å². The molecular weight excluding hydrogens is 465 g/mol. The van der Waals surface area contributed by atoms with Gasteiger partial charge in [-0.2, -0.15) is 0 Å². The van der Waals surface area contributed by atoms with Gasteiger partial charge in [-0.25, -0.2) is 12.8 Å². The third kappa shape index (κ3) is 5.38. The van der Waals surface area contributed by atoms with Crippen LogP contribution in [0.15, 0.2) is 108 Å². The first-order valence-electron chi connectivity index (χ1n) is 11.1. The van der Waals surface area contributed by atoms with E-state index < -0.39 is 21.7 Å². The zero-order chi connectivity index (χ0) is 24.8. The summed E-state index contributed by atoms with van der Waals surface area (Å²) in [5, 5.41) is 0. The van der Waals surface area contributed by atoms with E-state index in [-0.39, 0.29) is 23.5 Å². The van der Waals surface area contributed by atoms with Crippen LogP contribution in [0.1, 0.15) is 23.0 Å². The highest BCUT2D eigenvalue weighted by molar-refractivity contribution is 7.92. The normalized spacial score (nSPS) is 11.1. The van der Waals surface area contributed by atoms with Gasteiger partial charge < -0.3 is 4.90 Å². The van der Waals surface area contributed by atoms with Crippen LogP contribution in [0.3, 0.4) is 0 Å². The second kappa shape index (κ2) is 10.5. The molecule has 0 atom stereocenters. The maximum atomic E-state index is 13.6. The molecule has 6 nitrogen and oxygen atoms in total. The first-order chi connectivity index (χ1) is 16.9. The molecule has 35 heavy (non-hydrogen) atoms. The van der Waals surface area contributed by atoms with Crippen molar-refractivity contribution in [1.82, 2.24) is 4.98 Å². The largest absolute Gasteiger partial charge is 0.302 e. The van der Waals surface area contributed by atoms with Crippen LogP contribution in [-0.2, 0) is 16.6 Å². The molecule has 3 aromatic carbocycles. The molecular formula is C27H24FN3O3S. The van der Waals surface area contributed by atoms with Gasteiger partial charge in [0.1, 0.15) is 5.82 Å². The van der Waals surface area contributed by atoms with Crippen LogP contribution in [-0.4, -0.2) is 25.9 Å². The number of halogens is 1. The van der Waals surface area contributed by atoms with Crippen molar-refractivity contribution in [3.8, 4) is 0 Å². The van der Waals surface area contributed by atoms with Crippen molar-refractivity contribution in [2.75, 3.05) is 15.7 Å². The van der Waals surface area contributed by atoms with Crippen molar-refractivity contribution in [1.29, 1.82) is 0 Å². The van der Waals surface area contributed by atoms with E-state index in [1.807, 2.05) is 12.1 Å². The van der Waals surface area contributed by atoms with Gasteiger partial charge in [-0.1, -0.05) is 30.3 Å². The number of amides is 1. The SMILES string of the molecule is CCN(c1ccccc1)S(=O)(=O)c1cccc(C(=O)N(Cc2ccccn2)c2ccc(F)cc2)c1. The molecule has 1 heterocycles. The number of para-hydroxylation sites is 1. The maximum Gasteiger partial charge on any atom is 0.264 e. The summed E-state index contributed by atoms with van der Waals surface area (Å²) in [6, 6.07) is 25.7. The number of sulfonamides is 1. The second-order valence-electron chi connectivity index (χ2n) is 7.72. The molecule has 0 aliphatic heterocycles. The third-order valence-corrected chi connectivity index (χ3v) is 7.33. The van der Waals surface area contributed by atoms with E-state index in [0.717, 1.165) is 0 Å². The topological polar surface area (TPSA) is 70.6 Å². The van der Waals surface area contributed by atoms with Crippen LogP contribution in [0.5, 0.6) is 0 Å². The van der Waals surface area contributed by atoms with E-state index >= 15 is 0 Å². The van der Waals surface area contributed by atoms with Gasteiger partial charge in [-0.05, 0) is 73.7 Å². The van der Waals surface area contributed by atoms with Gasteiger partial charge in [-0.3, -0.25) is 14.1 Å². The number of anilines is 2. The number of carbonyl (C=O) groups is 1. The van der Waals surface area contributed by atoms with Crippen molar-refractivity contribution in [3.05, 3.63) is 120 Å². The van der Waals surface area contributed by atoms with Crippen molar-refractivity contribution in [2.45, 2.75) is 18.4 Å². The van der Waals surface area contributed by atoms with E-state index in [9.17, 15) is 17.6 Å². The summed E-state index contributed by atoms with van der Waals surface area (Å²) >= 11 is 0. The molecule has 1 aromatic heterocycles. The minimum absolute atomic E-state index is 0.00550. The number of benzene rings is 3. The van der Waals surface area contributed by atoms with Crippen LogP contribution >= 0.6 is 0 Å². The average Bonchev–Trinajstić information content (AvgIpc) is 2.89. The average molecular weight is 490 g/mol. The van der Waals surface area contributed by atoms with Crippen molar-refractivity contribution in [2.24, 2.45) is 0 Å². The van der Waals surface area contributed by atoms with Crippen LogP contribution in [0.4, 0.5) is 15.8 Å². The van der Waals surface area contributed by atoms with Gasteiger partial charge in [0.2, 0.25) is 0 Å². The fraction of sp³-hybridized carbons (Fsp3) is 0.111. The van der Waals surface area contributed by atoms with Gasteiger partial charge in [0.05, 0.1) is 22.8 Å². The number of rotatable bonds is 8. The lowest BCUT2D eigenvalue weighted by Gasteiger charge is -2.25. The Morgan fingerprint density at radius 3 is 2.23 bits per heavy atom. The van der Waals surface area contributed by atoms with Crippen LogP contribution in [0.2, 0.25) is 0 Å². The zero-order valence-corrected chi connectivity index (χ0v) is 19.9. The molecule has 0 aliphatic rings. The molecule has 0 bridgehead atoms. The number of pyridine rings is 1. The Labute approximate surface area is 204 Å². The second-order valence-corrected chi connectivity index (χ2v) is 9.58. The molecule has 4 rings (SSSR count). The highest BCUT2D eigenvalue weighted by Gasteiger charge is 2.26. The fourth-order valence-electron chi connectivity index (χ4n) is 3.71. The Bertz CT molecular complexity index is 1400. The highest BCUT2D eigenvalue weighted by atomic mass is 32.2. The van der Waals surface area contributed by atoms with Crippen molar-refractivity contribution in [3.63, 3.8) is 0 Å². The molecule has 0 saturated heterocycles. The summed E-state index contributed by atoms with van der Waals surface area (Å²) in [7, 11) is -3.91. The molecule has 1 amide bonds.